The molecule has 0 fully saturated rings. The largest absolute Gasteiger partial charge is 0.294 e. The van der Waals surface area contributed by atoms with Crippen molar-refractivity contribution in [2.45, 2.75) is 12.4 Å². The first kappa shape index (κ1) is 12.5. The van der Waals surface area contributed by atoms with Crippen LogP contribution in [0, 0.1) is 0 Å². The van der Waals surface area contributed by atoms with Crippen LogP contribution in [-0.2, 0) is 12.4 Å². The summed E-state index contributed by atoms with van der Waals surface area (Å²) in [6.45, 7) is 0.653. The molecule has 0 N–H and O–H groups in total. The summed E-state index contributed by atoms with van der Waals surface area (Å²) in [5, 5.41) is 0.655. The summed E-state index contributed by atoms with van der Waals surface area (Å²) >= 11 is 7.55. The molecular formula is C12H13ClN2OS. The van der Waals surface area contributed by atoms with Crippen LogP contribution in [0.1, 0.15) is 5.82 Å². The summed E-state index contributed by atoms with van der Waals surface area (Å²) < 4.78 is 1.67. The molecule has 0 aliphatic carbocycles. The lowest BCUT2D eigenvalue weighted by Crippen LogP contribution is -2.25. The maximum Gasteiger partial charge on any atom is 0.261 e. The number of aromatic nitrogens is 2. The highest BCUT2D eigenvalue weighted by atomic mass is 35.5. The molecule has 1 aromatic carbocycles. The van der Waals surface area contributed by atoms with E-state index in [1.807, 2.05) is 24.5 Å². The Morgan fingerprint density at radius 2 is 2.18 bits per heavy atom. The Balaban J connectivity index is 2.63. The van der Waals surface area contributed by atoms with Gasteiger partial charge in [0.1, 0.15) is 5.82 Å². The Kier molecular flexibility index (Phi) is 4.07. The highest BCUT2D eigenvalue weighted by Gasteiger charge is 2.09. The van der Waals surface area contributed by atoms with E-state index in [-0.39, 0.29) is 11.4 Å². The molecule has 2 aromatic rings. The molecule has 1 aromatic heterocycles. The standard InChI is InChI=1S/C12H13ClN2OS/c1-17-7-6-15-11(8-13)14-10-5-3-2-4-9(10)12(15)16/h2-5H,6-8H2,1H3. The van der Waals surface area contributed by atoms with Crippen molar-refractivity contribution >= 4 is 34.3 Å². The molecule has 0 aliphatic heterocycles. The van der Waals surface area contributed by atoms with Gasteiger partial charge in [-0.15, -0.1) is 11.6 Å². The monoisotopic (exact) mass is 268 g/mol. The van der Waals surface area contributed by atoms with Crippen molar-refractivity contribution < 1.29 is 0 Å². The Labute approximate surface area is 109 Å². The van der Waals surface area contributed by atoms with Crippen LogP contribution in [0.4, 0.5) is 0 Å². The van der Waals surface area contributed by atoms with Crippen molar-refractivity contribution in [3.63, 3.8) is 0 Å². The Morgan fingerprint density at radius 3 is 2.88 bits per heavy atom. The minimum absolute atomic E-state index is 0.000278. The average Bonchev–Trinajstić information content (AvgIpc) is 2.37. The van der Waals surface area contributed by atoms with E-state index in [1.165, 1.54) is 0 Å². The van der Waals surface area contributed by atoms with Crippen molar-refractivity contribution in [1.82, 2.24) is 9.55 Å². The van der Waals surface area contributed by atoms with Gasteiger partial charge in [0.2, 0.25) is 0 Å². The van der Waals surface area contributed by atoms with Crippen molar-refractivity contribution in [2.24, 2.45) is 0 Å². The third-order valence-electron chi connectivity index (χ3n) is 2.58. The molecule has 0 saturated heterocycles. The number of nitrogens with zero attached hydrogens (tertiary/aromatic N) is 2. The maximum atomic E-state index is 12.3. The van der Waals surface area contributed by atoms with Gasteiger partial charge in [-0.2, -0.15) is 11.8 Å². The molecule has 0 radical (unpaired) electrons. The first-order valence-corrected chi connectivity index (χ1v) is 7.24. The number of rotatable bonds is 4. The van der Waals surface area contributed by atoms with E-state index in [0.717, 1.165) is 5.75 Å². The van der Waals surface area contributed by atoms with Crippen LogP contribution in [-0.4, -0.2) is 21.6 Å². The molecule has 0 bridgehead atoms. The summed E-state index contributed by atoms with van der Waals surface area (Å²) in [5.74, 6) is 1.78. The number of alkyl halides is 1. The fourth-order valence-corrected chi connectivity index (χ4v) is 2.30. The van der Waals surface area contributed by atoms with Crippen LogP contribution in [0.15, 0.2) is 29.1 Å². The van der Waals surface area contributed by atoms with E-state index in [9.17, 15) is 4.79 Å². The van der Waals surface area contributed by atoms with Gasteiger partial charge in [0.25, 0.3) is 5.56 Å². The second kappa shape index (κ2) is 5.56. The fourth-order valence-electron chi connectivity index (χ4n) is 1.73. The van der Waals surface area contributed by atoms with E-state index >= 15 is 0 Å². The van der Waals surface area contributed by atoms with Crippen molar-refractivity contribution in [3.05, 3.63) is 40.4 Å². The van der Waals surface area contributed by atoms with E-state index in [0.29, 0.717) is 23.3 Å². The zero-order valence-electron chi connectivity index (χ0n) is 9.52. The number of benzene rings is 1. The minimum atomic E-state index is 0.000278. The second-order valence-electron chi connectivity index (χ2n) is 3.63. The molecule has 5 heteroatoms. The lowest BCUT2D eigenvalue weighted by Gasteiger charge is -2.10. The third kappa shape index (κ3) is 2.48. The fraction of sp³-hybridized carbons (Fsp3) is 0.333. The number of thioether (sulfide) groups is 1. The molecule has 0 unspecified atom stereocenters. The summed E-state index contributed by atoms with van der Waals surface area (Å²) in [7, 11) is 0. The molecule has 0 amide bonds. The second-order valence-corrected chi connectivity index (χ2v) is 4.88. The average molecular weight is 269 g/mol. The quantitative estimate of drug-likeness (QED) is 0.799. The lowest BCUT2D eigenvalue weighted by atomic mass is 10.2. The van der Waals surface area contributed by atoms with E-state index in [1.54, 1.807) is 22.4 Å². The summed E-state index contributed by atoms with van der Waals surface area (Å²) in [6.07, 6.45) is 2.01. The summed E-state index contributed by atoms with van der Waals surface area (Å²) in [6, 6.07) is 7.37. The zero-order valence-corrected chi connectivity index (χ0v) is 11.1. The van der Waals surface area contributed by atoms with Gasteiger partial charge in [-0.05, 0) is 18.4 Å². The van der Waals surface area contributed by atoms with Gasteiger partial charge >= 0.3 is 0 Å². The first-order valence-electron chi connectivity index (χ1n) is 5.31. The number of hydrogen-bond acceptors (Lipinski definition) is 3. The number of hydrogen-bond donors (Lipinski definition) is 0. The van der Waals surface area contributed by atoms with E-state index < -0.39 is 0 Å². The van der Waals surface area contributed by atoms with Crippen molar-refractivity contribution in [2.75, 3.05) is 12.0 Å². The highest BCUT2D eigenvalue weighted by molar-refractivity contribution is 7.98. The van der Waals surface area contributed by atoms with Crippen LogP contribution < -0.4 is 5.56 Å². The van der Waals surface area contributed by atoms with E-state index in [4.69, 9.17) is 11.6 Å². The molecule has 1 heterocycles. The van der Waals surface area contributed by atoms with Gasteiger partial charge in [-0.3, -0.25) is 9.36 Å². The van der Waals surface area contributed by atoms with Crippen molar-refractivity contribution in [1.29, 1.82) is 0 Å². The lowest BCUT2D eigenvalue weighted by molar-refractivity contribution is 0.687. The molecule has 3 nitrogen and oxygen atoms in total. The smallest absolute Gasteiger partial charge is 0.261 e. The number of halogens is 1. The predicted molar refractivity (Wildman–Crippen MR) is 73.9 cm³/mol. The van der Waals surface area contributed by atoms with Crippen LogP contribution in [0.2, 0.25) is 0 Å². The number of para-hydroxylation sites is 1. The predicted octanol–water partition coefficient (Wildman–Crippen LogP) is 2.50. The molecule has 90 valence electrons. The molecule has 0 aliphatic rings. The first-order chi connectivity index (χ1) is 8.27. The van der Waals surface area contributed by atoms with Crippen LogP contribution in [0.5, 0.6) is 0 Å². The Morgan fingerprint density at radius 1 is 1.41 bits per heavy atom. The van der Waals surface area contributed by atoms with Gasteiger partial charge in [-0.1, -0.05) is 12.1 Å². The highest BCUT2D eigenvalue weighted by Crippen LogP contribution is 2.09. The van der Waals surface area contributed by atoms with Crippen LogP contribution >= 0.6 is 23.4 Å². The van der Waals surface area contributed by atoms with Crippen LogP contribution in [0.25, 0.3) is 10.9 Å². The summed E-state index contributed by atoms with van der Waals surface area (Å²) in [5.41, 5.74) is 0.717. The normalized spacial score (nSPS) is 10.9. The van der Waals surface area contributed by atoms with Gasteiger partial charge in [-0.25, -0.2) is 4.98 Å². The molecule has 17 heavy (non-hydrogen) atoms. The van der Waals surface area contributed by atoms with Gasteiger partial charge in [0.15, 0.2) is 0 Å². The molecule has 0 saturated carbocycles. The SMILES string of the molecule is CSCCn1c(CCl)nc2ccccc2c1=O. The minimum Gasteiger partial charge on any atom is -0.294 e. The van der Waals surface area contributed by atoms with Crippen molar-refractivity contribution in [3.8, 4) is 0 Å². The van der Waals surface area contributed by atoms with Gasteiger partial charge < -0.3 is 0 Å². The van der Waals surface area contributed by atoms with Gasteiger partial charge in [0, 0.05) is 12.3 Å². The summed E-state index contributed by atoms with van der Waals surface area (Å²) in [4.78, 5) is 16.7. The topological polar surface area (TPSA) is 34.9 Å². The van der Waals surface area contributed by atoms with Gasteiger partial charge in [0.05, 0.1) is 16.8 Å². The third-order valence-corrected chi connectivity index (χ3v) is 3.41. The maximum absolute atomic E-state index is 12.3. The van der Waals surface area contributed by atoms with E-state index in [2.05, 4.69) is 4.98 Å². The molecule has 2 rings (SSSR count). The number of fused-ring (bicyclic) bond motifs is 1. The Hall–Kier alpha value is -1.00. The zero-order chi connectivity index (χ0) is 12.3. The van der Waals surface area contributed by atoms with Crippen LogP contribution in [0.3, 0.4) is 0 Å². The molecule has 0 spiro atoms. The molecule has 0 atom stereocenters. The molecular weight excluding hydrogens is 256 g/mol. The Bertz CT molecular complexity index is 582.